The van der Waals surface area contributed by atoms with Crippen LogP contribution in [-0.2, 0) is 0 Å². The first-order valence-corrected chi connectivity index (χ1v) is 8.60. The topological polar surface area (TPSA) is 80.8 Å². The van der Waals surface area contributed by atoms with E-state index in [0.717, 1.165) is 12.8 Å². The summed E-state index contributed by atoms with van der Waals surface area (Å²) in [5.74, 6) is 1.12. The van der Waals surface area contributed by atoms with Crippen LogP contribution in [0.15, 0.2) is 42.7 Å². The van der Waals surface area contributed by atoms with Crippen LogP contribution in [0.5, 0.6) is 11.5 Å². The van der Waals surface area contributed by atoms with Crippen molar-refractivity contribution in [3.8, 4) is 11.5 Å². The van der Waals surface area contributed by atoms with Crippen LogP contribution in [0.4, 0.5) is 0 Å². The van der Waals surface area contributed by atoms with Crippen molar-refractivity contribution in [1.29, 1.82) is 0 Å². The van der Waals surface area contributed by atoms with Gasteiger partial charge < -0.3 is 19.7 Å². The van der Waals surface area contributed by atoms with E-state index in [-0.39, 0.29) is 24.6 Å². The van der Waals surface area contributed by atoms with Gasteiger partial charge in [0.25, 0.3) is 11.8 Å². The maximum Gasteiger partial charge on any atom is 0.253 e. The molecule has 7 nitrogen and oxygen atoms in total. The molecule has 3 heterocycles. The number of piperidine rings is 1. The maximum atomic E-state index is 12.5. The predicted molar refractivity (Wildman–Crippen MR) is 93.2 cm³/mol. The monoisotopic (exact) mass is 353 g/mol. The molecule has 1 fully saturated rings. The van der Waals surface area contributed by atoms with Gasteiger partial charge in [0.2, 0.25) is 6.79 Å². The number of amides is 2. The second-order valence-electron chi connectivity index (χ2n) is 6.34. The molecule has 0 spiro atoms. The standard InChI is InChI=1S/C19H19N3O4/c23-18(14-1-2-16-17(11-14)26-12-25-16)21-15-5-9-22(10-6-15)19(24)13-3-7-20-8-4-13/h1-4,7-8,11,15H,5-6,9-10,12H2,(H,21,23). The minimum absolute atomic E-state index is 0.00736. The van der Waals surface area contributed by atoms with Gasteiger partial charge in [-0.1, -0.05) is 0 Å². The van der Waals surface area contributed by atoms with Gasteiger partial charge in [-0.3, -0.25) is 14.6 Å². The highest BCUT2D eigenvalue weighted by Gasteiger charge is 2.25. The van der Waals surface area contributed by atoms with Gasteiger partial charge in [0.05, 0.1) is 0 Å². The highest BCUT2D eigenvalue weighted by atomic mass is 16.7. The van der Waals surface area contributed by atoms with Crippen LogP contribution in [0.3, 0.4) is 0 Å². The lowest BCUT2D eigenvalue weighted by Gasteiger charge is -2.32. The molecule has 1 aromatic heterocycles. The number of pyridine rings is 1. The van der Waals surface area contributed by atoms with E-state index < -0.39 is 0 Å². The van der Waals surface area contributed by atoms with Gasteiger partial charge >= 0.3 is 0 Å². The number of nitrogens with zero attached hydrogens (tertiary/aromatic N) is 2. The van der Waals surface area contributed by atoms with E-state index in [0.29, 0.717) is 35.7 Å². The summed E-state index contributed by atoms with van der Waals surface area (Å²) in [6.45, 7) is 1.42. The van der Waals surface area contributed by atoms with E-state index in [1.807, 2.05) is 4.90 Å². The normalized spacial score (nSPS) is 16.4. The third-order valence-electron chi connectivity index (χ3n) is 4.68. The molecule has 1 aromatic carbocycles. The summed E-state index contributed by atoms with van der Waals surface area (Å²) in [6, 6.07) is 8.65. The highest BCUT2D eigenvalue weighted by molar-refractivity contribution is 5.95. The summed E-state index contributed by atoms with van der Waals surface area (Å²) in [4.78, 5) is 30.6. The van der Waals surface area contributed by atoms with Gasteiger partial charge in [-0.2, -0.15) is 0 Å². The Hall–Kier alpha value is -3.09. The van der Waals surface area contributed by atoms with E-state index in [2.05, 4.69) is 10.3 Å². The van der Waals surface area contributed by atoms with Crippen molar-refractivity contribution in [2.45, 2.75) is 18.9 Å². The van der Waals surface area contributed by atoms with Gasteiger partial charge in [-0.15, -0.1) is 0 Å². The number of rotatable bonds is 3. The zero-order valence-corrected chi connectivity index (χ0v) is 14.2. The number of ether oxygens (including phenoxy) is 2. The summed E-state index contributed by atoms with van der Waals surface area (Å²) in [6.07, 6.45) is 4.69. The number of nitrogens with one attached hydrogen (secondary N) is 1. The molecule has 2 aliphatic heterocycles. The van der Waals surface area contributed by atoms with E-state index in [1.54, 1.807) is 42.7 Å². The molecule has 0 atom stereocenters. The van der Waals surface area contributed by atoms with Crippen LogP contribution >= 0.6 is 0 Å². The Morgan fingerprint density at radius 2 is 1.73 bits per heavy atom. The number of benzene rings is 1. The lowest BCUT2D eigenvalue weighted by atomic mass is 10.0. The number of likely N-dealkylation sites (tertiary alicyclic amines) is 1. The first-order chi connectivity index (χ1) is 12.7. The fraction of sp³-hybridized carbons (Fsp3) is 0.316. The van der Waals surface area contributed by atoms with Crippen LogP contribution < -0.4 is 14.8 Å². The van der Waals surface area contributed by atoms with Crippen molar-refractivity contribution < 1.29 is 19.1 Å². The van der Waals surface area contributed by atoms with Crippen LogP contribution in [0.1, 0.15) is 33.6 Å². The van der Waals surface area contributed by atoms with Crippen molar-refractivity contribution in [3.05, 3.63) is 53.9 Å². The SMILES string of the molecule is O=C(NC1CCN(C(=O)c2ccncc2)CC1)c1ccc2c(c1)OCO2. The summed E-state index contributed by atoms with van der Waals surface area (Å²) >= 11 is 0. The van der Waals surface area contributed by atoms with Gasteiger partial charge in [0, 0.05) is 42.7 Å². The van der Waals surface area contributed by atoms with Gasteiger partial charge in [-0.25, -0.2) is 0 Å². The Kier molecular flexibility index (Phi) is 4.43. The number of hydrogen-bond donors (Lipinski definition) is 1. The van der Waals surface area contributed by atoms with E-state index in [1.165, 1.54) is 0 Å². The molecule has 2 aromatic rings. The fourth-order valence-corrected chi connectivity index (χ4v) is 3.21. The molecule has 0 unspecified atom stereocenters. The van der Waals surface area contributed by atoms with Crippen molar-refractivity contribution >= 4 is 11.8 Å². The van der Waals surface area contributed by atoms with Crippen molar-refractivity contribution in [2.24, 2.45) is 0 Å². The second kappa shape index (κ2) is 7.03. The van der Waals surface area contributed by atoms with Crippen LogP contribution in [0.2, 0.25) is 0 Å². The van der Waals surface area contributed by atoms with Gasteiger partial charge in [0.1, 0.15) is 0 Å². The predicted octanol–water partition coefficient (Wildman–Crippen LogP) is 1.84. The zero-order valence-electron chi connectivity index (χ0n) is 14.2. The van der Waals surface area contributed by atoms with Crippen molar-refractivity contribution in [1.82, 2.24) is 15.2 Å². The molecule has 1 saturated heterocycles. The largest absolute Gasteiger partial charge is 0.454 e. The molecule has 0 bridgehead atoms. The lowest BCUT2D eigenvalue weighted by Crippen LogP contribution is -2.46. The van der Waals surface area contributed by atoms with Crippen molar-refractivity contribution in [2.75, 3.05) is 19.9 Å². The Morgan fingerprint density at radius 1 is 1.00 bits per heavy atom. The average molecular weight is 353 g/mol. The quantitative estimate of drug-likeness (QED) is 0.911. The molecule has 134 valence electrons. The summed E-state index contributed by atoms with van der Waals surface area (Å²) in [5.41, 5.74) is 1.19. The summed E-state index contributed by atoms with van der Waals surface area (Å²) < 4.78 is 10.6. The molecular formula is C19H19N3O4. The number of carbonyl (C=O) groups is 2. The smallest absolute Gasteiger partial charge is 0.253 e. The molecule has 2 amide bonds. The average Bonchev–Trinajstić information content (AvgIpc) is 3.16. The van der Waals surface area contributed by atoms with E-state index in [4.69, 9.17) is 9.47 Å². The van der Waals surface area contributed by atoms with Gasteiger partial charge in [-0.05, 0) is 43.2 Å². The third-order valence-corrected chi connectivity index (χ3v) is 4.68. The second-order valence-corrected chi connectivity index (χ2v) is 6.34. The molecule has 0 saturated carbocycles. The Labute approximate surface area is 150 Å². The Morgan fingerprint density at radius 3 is 2.50 bits per heavy atom. The molecule has 0 aliphatic carbocycles. The number of fused-ring (bicyclic) bond motifs is 1. The Balaban J connectivity index is 1.32. The number of carbonyl (C=O) groups excluding carboxylic acids is 2. The van der Waals surface area contributed by atoms with Gasteiger partial charge in [0.15, 0.2) is 11.5 Å². The van der Waals surface area contributed by atoms with Crippen LogP contribution in [0, 0.1) is 0 Å². The summed E-state index contributed by atoms with van der Waals surface area (Å²) in [5, 5.41) is 3.04. The molecule has 1 N–H and O–H groups in total. The summed E-state index contributed by atoms with van der Waals surface area (Å²) in [7, 11) is 0. The molecular weight excluding hydrogens is 334 g/mol. The van der Waals surface area contributed by atoms with E-state index >= 15 is 0 Å². The fourth-order valence-electron chi connectivity index (χ4n) is 3.21. The zero-order chi connectivity index (χ0) is 17.9. The number of aromatic nitrogens is 1. The van der Waals surface area contributed by atoms with Crippen LogP contribution in [0.25, 0.3) is 0 Å². The first kappa shape index (κ1) is 16.4. The van der Waals surface area contributed by atoms with Crippen molar-refractivity contribution in [3.63, 3.8) is 0 Å². The Bertz CT molecular complexity index is 817. The minimum Gasteiger partial charge on any atom is -0.454 e. The van der Waals surface area contributed by atoms with Crippen LogP contribution in [-0.4, -0.2) is 47.6 Å². The number of hydrogen-bond acceptors (Lipinski definition) is 5. The highest BCUT2D eigenvalue weighted by Crippen LogP contribution is 2.32. The molecule has 2 aliphatic rings. The lowest BCUT2D eigenvalue weighted by molar-refractivity contribution is 0.0698. The molecule has 0 radical (unpaired) electrons. The minimum atomic E-state index is -0.137. The molecule has 4 rings (SSSR count). The molecule has 26 heavy (non-hydrogen) atoms. The third kappa shape index (κ3) is 3.33. The first-order valence-electron chi connectivity index (χ1n) is 8.60. The van der Waals surface area contributed by atoms with E-state index in [9.17, 15) is 9.59 Å². The molecule has 7 heteroatoms. The maximum absolute atomic E-state index is 12.5.